The Hall–Kier alpha value is -4.00. The van der Waals surface area contributed by atoms with Crippen molar-refractivity contribution >= 4 is 11.7 Å². The summed E-state index contributed by atoms with van der Waals surface area (Å²) >= 11 is 0. The van der Waals surface area contributed by atoms with Crippen LogP contribution in [-0.4, -0.2) is 25.4 Å². The number of benzene rings is 2. The molecule has 0 spiro atoms. The summed E-state index contributed by atoms with van der Waals surface area (Å²) in [6.07, 6.45) is 6.42. The molecule has 0 radical (unpaired) electrons. The maximum Gasteiger partial charge on any atom is 0.260 e. The number of ether oxygens (including phenoxy) is 1. The summed E-state index contributed by atoms with van der Waals surface area (Å²) in [6.45, 7) is 0. The third-order valence-electron chi connectivity index (χ3n) is 3.77. The number of imidazole rings is 1. The standard InChI is InChI=1S/C20H15N5O2/c26-20(24-18-12-19(23-13-22-18)25-11-10-21-14-25)16-8-4-5-9-17(16)27-15-6-2-1-3-7-15/h1-14H,(H,22,23,24,26). The smallest absolute Gasteiger partial charge is 0.260 e. The second-order valence-corrected chi connectivity index (χ2v) is 5.60. The molecule has 2 aromatic carbocycles. The molecule has 1 amide bonds. The monoisotopic (exact) mass is 357 g/mol. The van der Waals surface area contributed by atoms with Gasteiger partial charge in [-0.05, 0) is 24.3 Å². The van der Waals surface area contributed by atoms with Crippen LogP contribution in [0.25, 0.3) is 5.82 Å². The number of nitrogens with one attached hydrogen (secondary N) is 1. The van der Waals surface area contributed by atoms with Gasteiger partial charge in [0.05, 0.1) is 5.56 Å². The zero-order valence-corrected chi connectivity index (χ0v) is 14.2. The van der Waals surface area contributed by atoms with Crippen LogP contribution in [-0.2, 0) is 0 Å². The average Bonchev–Trinajstić information content (AvgIpc) is 3.24. The van der Waals surface area contributed by atoms with Crippen molar-refractivity contribution in [2.75, 3.05) is 5.32 Å². The minimum atomic E-state index is -0.322. The summed E-state index contributed by atoms with van der Waals surface area (Å²) in [5.41, 5.74) is 0.407. The number of carbonyl (C=O) groups is 1. The molecule has 7 nitrogen and oxygen atoms in total. The lowest BCUT2D eigenvalue weighted by atomic mass is 10.2. The summed E-state index contributed by atoms with van der Waals surface area (Å²) in [4.78, 5) is 25.0. The van der Waals surface area contributed by atoms with Crippen molar-refractivity contribution in [2.45, 2.75) is 0 Å². The van der Waals surface area contributed by atoms with Gasteiger partial charge in [-0.3, -0.25) is 9.36 Å². The molecule has 7 heteroatoms. The fourth-order valence-electron chi connectivity index (χ4n) is 2.49. The van der Waals surface area contributed by atoms with Gasteiger partial charge >= 0.3 is 0 Å². The quantitative estimate of drug-likeness (QED) is 0.589. The van der Waals surface area contributed by atoms with Crippen LogP contribution in [0, 0.1) is 0 Å². The molecule has 0 aliphatic rings. The van der Waals surface area contributed by atoms with Gasteiger partial charge < -0.3 is 10.1 Å². The molecule has 2 heterocycles. The van der Waals surface area contributed by atoms with Gasteiger partial charge in [-0.15, -0.1) is 0 Å². The minimum absolute atomic E-state index is 0.322. The Labute approximate surface area is 155 Å². The Morgan fingerprint density at radius 1 is 1.00 bits per heavy atom. The van der Waals surface area contributed by atoms with Gasteiger partial charge in [-0.25, -0.2) is 15.0 Å². The first kappa shape index (κ1) is 16.5. The number of hydrogen-bond donors (Lipinski definition) is 1. The first-order valence-corrected chi connectivity index (χ1v) is 8.23. The van der Waals surface area contributed by atoms with Gasteiger partial charge in [0.1, 0.15) is 35.8 Å². The number of aromatic nitrogens is 4. The SMILES string of the molecule is O=C(Nc1cc(-n2ccnc2)ncn1)c1ccccc1Oc1ccccc1. The molecule has 0 bridgehead atoms. The predicted octanol–water partition coefficient (Wildman–Crippen LogP) is 3.71. The molecule has 132 valence electrons. The molecule has 0 atom stereocenters. The maximum atomic E-state index is 12.8. The number of para-hydroxylation sites is 2. The molecular formula is C20H15N5O2. The van der Waals surface area contributed by atoms with Gasteiger partial charge in [-0.1, -0.05) is 30.3 Å². The molecule has 0 aliphatic carbocycles. The lowest BCUT2D eigenvalue weighted by molar-refractivity contribution is 0.102. The molecule has 27 heavy (non-hydrogen) atoms. The summed E-state index contributed by atoms with van der Waals surface area (Å²) in [5.74, 6) is 1.78. The number of anilines is 1. The van der Waals surface area contributed by atoms with Crippen LogP contribution in [0.15, 0.2) is 85.7 Å². The van der Waals surface area contributed by atoms with Crippen molar-refractivity contribution in [3.05, 3.63) is 91.3 Å². The molecule has 1 N–H and O–H groups in total. The third kappa shape index (κ3) is 3.82. The number of carbonyl (C=O) groups excluding carboxylic acids is 1. The van der Waals surface area contributed by atoms with Crippen LogP contribution < -0.4 is 10.1 Å². The highest BCUT2D eigenvalue weighted by molar-refractivity contribution is 6.05. The first-order valence-electron chi connectivity index (χ1n) is 8.23. The van der Waals surface area contributed by atoms with Crippen molar-refractivity contribution in [3.8, 4) is 17.3 Å². The zero-order chi connectivity index (χ0) is 18.5. The van der Waals surface area contributed by atoms with Crippen LogP contribution in [0.2, 0.25) is 0 Å². The van der Waals surface area contributed by atoms with E-state index in [2.05, 4.69) is 20.3 Å². The average molecular weight is 357 g/mol. The van der Waals surface area contributed by atoms with Gasteiger partial charge in [0.25, 0.3) is 5.91 Å². The molecule has 0 aliphatic heterocycles. The highest BCUT2D eigenvalue weighted by Gasteiger charge is 2.14. The van der Waals surface area contributed by atoms with Gasteiger partial charge in [0.2, 0.25) is 0 Å². The number of rotatable bonds is 5. The summed E-state index contributed by atoms with van der Waals surface area (Å²) in [7, 11) is 0. The van der Waals surface area contributed by atoms with Crippen LogP contribution in [0.1, 0.15) is 10.4 Å². The van der Waals surface area contributed by atoms with E-state index in [1.54, 1.807) is 47.6 Å². The van der Waals surface area contributed by atoms with Crippen molar-refractivity contribution in [1.82, 2.24) is 19.5 Å². The molecule has 4 aromatic rings. The van der Waals surface area contributed by atoms with Crippen molar-refractivity contribution in [1.29, 1.82) is 0 Å². The Morgan fingerprint density at radius 3 is 2.63 bits per heavy atom. The second-order valence-electron chi connectivity index (χ2n) is 5.60. The van der Waals surface area contributed by atoms with E-state index in [1.165, 1.54) is 6.33 Å². The van der Waals surface area contributed by atoms with Crippen LogP contribution in [0.4, 0.5) is 5.82 Å². The van der Waals surface area contributed by atoms with Gasteiger partial charge in [-0.2, -0.15) is 0 Å². The molecule has 0 saturated carbocycles. The topological polar surface area (TPSA) is 81.9 Å². The zero-order valence-electron chi connectivity index (χ0n) is 14.2. The molecular weight excluding hydrogens is 342 g/mol. The van der Waals surface area contributed by atoms with Crippen molar-refractivity contribution < 1.29 is 9.53 Å². The van der Waals surface area contributed by atoms with Crippen LogP contribution in [0.5, 0.6) is 11.5 Å². The van der Waals surface area contributed by atoms with Crippen molar-refractivity contribution in [3.63, 3.8) is 0 Å². The van der Waals surface area contributed by atoms with E-state index in [1.807, 2.05) is 36.4 Å². The summed E-state index contributed by atoms with van der Waals surface area (Å²) in [6, 6.07) is 18.0. The van der Waals surface area contributed by atoms with Gasteiger partial charge in [0, 0.05) is 18.5 Å². The molecule has 0 fully saturated rings. The van der Waals surface area contributed by atoms with Crippen LogP contribution in [0.3, 0.4) is 0 Å². The van der Waals surface area contributed by atoms with E-state index in [4.69, 9.17) is 4.74 Å². The first-order chi connectivity index (χ1) is 13.3. The van der Waals surface area contributed by atoms with Crippen LogP contribution >= 0.6 is 0 Å². The predicted molar refractivity (Wildman–Crippen MR) is 100 cm³/mol. The number of nitrogens with zero attached hydrogens (tertiary/aromatic N) is 4. The van der Waals surface area contributed by atoms with E-state index in [0.29, 0.717) is 28.7 Å². The maximum absolute atomic E-state index is 12.8. The Bertz CT molecular complexity index is 1050. The minimum Gasteiger partial charge on any atom is -0.457 e. The summed E-state index contributed by atoms with van der Waals surface area (Å²) < 4.78 is 7.57. The normalized spacial score (nSPS) is 10.4. The third-order valence-corrected chi connectivity index (χ3v) is 3.77. The fraction of sp³-hybridized carbons (Fsp3) is 0. The Balaban J connectivity index is 1.56. The number of amides is 1. The molecule has 4 rings (SSSR count). The highest BCUT2D eigenvalue weighted by atomic mass is 16.5. The largest absolute Gasteiger partial charge is 0.457 e. The lowest BCUT2D eigenvalue weighted by Gasteiger charge is -2.11. The van der Waals surface area contributed by atoms with E-state index in [9.17, 15) is 4.79 Å². The summed E-state index contributed by atoms with van der Waals surface area (Å²) in [5, 5.41) is 2.78. The Kier molecular flexibility index (Phi) is 4.57. The van der Waals surface area contributed by atoms with E-state index >= 15 is 0 Å². The fourth-order valence-corrected chi connectivity index (χ4v) is 2.49. The Morgan fingerprint density at radius 2 is 1.81 bits per heavy atom. The van der Waals surface area contributed by atoms with E-state index in [0.717, 1.165) is 0 Å². The van der Waals surface area contributed by atoms with Gasteiger partial charge in [0.15, 0.2) is 0 Å². The van der Waals surface area contributed by atoms with E-state index < -0.39 is 0 Å². The highest BCUT2D eigenvalue weighted by Crippen LogP contribution is 2.25. The lowest BCUT2D eigenvalue weighted by Crippen LogP contribution is -2.14. The van der Waals surface area contributed by atoms with Crippen molar-refractivity contribution in [2.24, 2.45) is 0 Å². The number of hydrogen-bond acceptors (Lipinski definition) is 5. The molecule has 0 unspecified atom stereocenters. The second kappa shape index (κ2) is 7.49. The van der Waals surface area contributed by atoms with E-state index in [-0.39, 0.29) is 5.91 Å². The molecule has 0 saturated heterocycles. The molecule has 2 aromatic heterocycles.